The Morgan fingerprint density at radius 3 is 2.56 bits per heavy atom. The van der Waals surface area contributed by atoms with Gasteiger partial charge in [-0.2, -0.15) is 5.26 Å². The molecule has 0 aliphatic heterocycles. The Bertz CT molecular complexity index is 1310. The fraction of sp³-hybridized carbons (Fsp3) is 0.333. The van der Waals surface area contributed by atoms with Gasteiger partial charge in [0.1, 0.15) is 23.9 Å². The summed E-state index contributed by atoms with van der Waals surface area (Å²) in [6, 6.07) is 4.23. The predicted octanol–water partition coefficient (Wildman–Crippen LogP) is 5.42. The summed E-state index contributed by atoms with van der Waals surface area (Å²) in [6.45, 7) is 0.919. The van der Waals surface area contributed by atoms with Gasteiger partial charge in [-0.15, -0.1) is 0 Å². The Balaban J connectivity index is 1.95. The number of aliphatic hydroxyl groups excluding tert-OH is 1. The first kappa shape index (κ1) is 23.8. The highest BCUT2D eigenvalue weighted by atomic mass is 19.3. The predicted molar refractivity (Wildman–Crippen MR) is 111 cm³/mol. The van der Waals surface area contributed by atoms with E-state index in [2.05, 4.69) is 4.98 Å². The highest BCUT2D eigenvalue weighted by Crippen LogP contribution is 2.49. The van der Waals surface area contributed by atoms with Crippen molar-refractivity contribution in [3.63, 3.8) is 0 Å². The molecule has 178 valence electrons. The average Bonchev–Trinajstić information content (AvgIpc) is 3.29. The molecule has 0 saturated heterocycles. The van der Waals surface area contributed by atoms with Crippen molar-refractivity contribution in [1.29, 1.82) is 5.26 Å². The molecule has 0 bridgehead atoms. The lowest BCUT2D eigenvalue weighted by molar-refractivity contribution is -0.0967. The van der Waals surface area contributed by atoms with Crippen LogP contribution in [0.4, 0.5) is 26.3 Å². The molecule has 0 spiro atoms. The molecule has 3 aromatic rings. The third-order valence-electron chi connectivity index (χ3n) is 6.12. The zero-order valence-electron chi connectivity index (χ0n) is 18.1. The molecule has 0 fully saturated rings. The smallest absolute Gasteiger partial charge is 0.281 e. The molecular weight excluding hydrogens is 460 g/mol. The van der Waals surface area contributed by atoms with Crippen LogP contribution in [0.3, 0.4) is 0 Å². The molecule has 1 N–H and O–H groups in total. The van der Waals surface area contributed by atoms with Crippen LogP contribution in [-0.2, 0) is 19.9 Å². The second-order valence-electron chi connectivity index (χ2n) is 8.40. The number of nitriles is 1. The summed E-state index contributed by atoms with van der Waals surface area (Å²) in [5, 5.41) is 19.9. The van der Waals surface area contributed by atoms with E-state index in [1.807, 2.05) is 0 Å². The van der Waals surface area contributed by atoms with E-state index >= 15 is 4.39 Å². The van der Waals surface area contributed by atoms with Gasteiger partial charge in [0, 0.05) is 24.6 Å². The number of aromatic nitrogens is 2. The molecule has 4 rings (SSSR count). The standard InChI is InChI=1S/C24H19F6N3O/c1-11(25)22(28)16-6-14(26)3-13(8-31)15(16)4-12-5-18(27)21(19-9-32-10-33(19)2)20-17(12)7-24(29,30)23(20)34/h3,5-6,9-11,22-23,34H,4,7H2,1-2H3. The molecular formula is C24H19F6N3O. The van der Waals surface area contributed by atoms with Crippen LogP contribution in [0, 0.1) is 23.0 Å². The summed E-state index contributed by atoms with van der Waals surface area (Å²) in [6.07, 6.45) is -5.42. The molecule has 1 aromatic heterocycles. The molecule has 1 heterocycles. The maximum atomic E-state index is 15.4. The fourth-order valence-electron chi connectivity index (χ4n) is 4.47. The van der Waals surface area contributed by atoms with E-state index in [1.54, 1.807) is 6.07 Å². The molecule has 3 atom stereocenters. The Hall–Kier alpha value is -3.32. The van der Waals surface area contributed by atoms with E-state index < -0.39 is 54.4 Å². The van der Waals surface area contributed by atoms with Crippen molar-refractivity contribution in [3.05, 3.63) is 75.7 Å². The Morgan fingerprint density at radius 2 is 1.97 bits per heavy atom. The van der Waals surface area contributed by atoms with Gasteiger partial charge in [0.05, 0.1) is 29.9 Å². The van der Waals surface area contributed by atoms with Crippen LogP contribution in [0.2, 0.25) is 0 Å². The molecule has 2 aromatic carbocycles. The number of nitrogens with zero attached hydrogens (tertiary/aromatic N) is 3. The summed E-state index contributed by atoms with van der Waals surface area (Å²) in [5.41, 5.74) is -1.45. The van der Waals surface area contributed by atoms with Crippen LogP contribution in [0.5, 0.6) is 0 Å². The van der Waals surface area contributed by atoms with Crippen LogP contribution in [-0.4, -0.2) is 26.8 Å². The SMILES string of the molecule is CC(F)C(F)c1cc(F)cc(C#N)c1Cc1cc(F)c(-c2cncn2C)c2c1CC(F)(F)C2O. The Labute approximate surface area is 191 Å². The minimum absolute atomic E-state index is 0.0438. The first-order chi connectivity index (χ1) is 16.0. The third kappa shape index (κ3) is 3.84. The van der Waals surface area contributed by atoms with Gasteiger partial charge in [-0.05, 0) is 53.8 Å². The zero-order valence-corrected chi connectivity index (χ0v) is 18.1. The first-order valence-corrected chi connectivity index (χ1v) is 10.3. The van der Waals surface area contributed by atoms with Gasteiger partial charge in [0.15, 0.2) is 6.17 Å². The van der Waals surface area contributed by atoms with E-state index in [0.717, 1.165) is 25.1 Å². The number of aliphatic hydroxyl groups is 1. The minimum Gasteiger partial charge on any atom is -0.382 e. The first-order valence-electron chi connectivity index (χ1n) is 10.3. The number of hydrogen-bond acceptors (Lipinski definition) is 3. The van der Waals surface area contributed by atoms with Crippen LogP contribution in [0.25, 0.3) is 11.3 Å². The molecule has 4 nitrogen and oxygen atoms in total. The van der Waals surface area contributed by atoms with Gasteiger partial charge < -0.3 is 9.67 Å². The molecule has 10 heteroatoms. The molecule has 3 unspecified atom stereocenters. The fourth-order valence-corrected chi connectivity index (χ4v) is 4.47. The summed E-state index contributed by atoms with van der Waals surface area (Å²) in [4.78, 5) is 3.87. The van der Waals surface area contributed by atoms with Gasteiger partial charge in [0.2, 0.25) is 0 Å². The van der Waals surface area contributed by atoms with E-state index in [9.17, 15) is 32.3 Å². The summed E-state index contributed by atoms with van der Waals surface area (Å²) >= 11 is 0. The van der Waals surface area contributed by atoms with Crippen molar-refractivity contribution in [2.24, 2.45) is 7.05 Å². The highest BCUT2D eigenvalue weighted by molar-refractivity contribution is 5.70. The van der Waals surface area contributed by atoms with Crippen molar-refractivity contribution in [1.82, 2.24) is 9.55 Å². The van der Waals surface area contributed by atoms with Crippen LogP contribution < -0.4 is 0 Å². The van der Waals surface area contributed by atoms with Crippen molar-refractivity contribution in [2.75, 3.05) is 0 Å². The highest BCUT2D eigenvalue weighted by Gasteiger charge is 2.50. The molecule has 1 aliphatic carbocycles. The molecule has 0 saturated carbocycles. The van der Waals surface area contributed by atoms with Gasteiger partial charge in [-0.1, -0.05) is 0 Å². The largest absolute Gasteiger partial charge is 0.382 e. The lowest BCUT2D eigenvalue weighted by Crippen LogP contribution is -2.22. The maximum absolute atomic E-state index is 15.4. The Kier molecular flexibility index (Phi) is 5.94. The topological polar surface area (TPSA) is 61.8 Å². The van der Waals surface area contributed by atoms with Crippen molar-refractivity contribution in [3.8, 4) is 17.3 Å². The quantitative estimate of drug-likeness (QED) is 0.497. The number of hydrogen-bond donors (Lipinski definition) is 1. The molecule has 0 amide bonds. The minimum atomic E-state index is -3.61. The molecule has 0 radical (unpaired) electrons. The van der Waals surface area contributed by atoms with Gasteiger partial charge in [-0.25, -0.2) is 31.3 Å². The summed E-state index contributed by atoms with van der Waals surface area (Å²) in [7, 11) is 1.53. The normalized spacial score (nSPS) is 18.4. The number of benzene rings is 2. The van der Waals surface area contributed by atoms with Crippen molar-refractivity contribution < 1.29 is 31.4 Å². The van der Waals surface area contributed by atoms with Gasteiger partial charge in [-0.3, -0.25) is 0 Å². The van der Waals surface area contributed by atoms with E-state index in [4.69, 9.17) is 0 Å². The second-order valence-corrected chi connectivity index (χ2v) is 8.40. The van der Waals surface area contributed by atoms with Gasteiger partial charge >= 0.3 is 0 Å². The van der Waals surface area contributed by atoms with E-state index in [1.165, 1.54) is 24.1 Å². The van der Waals surface area contributed by atoms with Crippen LogP contribution in [0.1, 0.15) is 52.6 Å². The summed E-state index contributed by atoms with van der Waals surface area (Å²) in [5.74, 6) is -5.52. The van der Waals surface area contributed by atoms with E-state index in [-0.39, 0.29) is 39.1 Å². The zero-order chi connectivity index (χ0) is 24.9. The lowest BCUT2D eigenvalue weighted by Gasteiger charge is -2.20. The number of aryl methyl sites for hydroxylation is 1. The van der Waals surface area contributed by atoms with Crippen molar-refractivity contribution in [2.45, 2.75) is 44.1 Å². The molecule has 1 aliphatic rings. The van der Waals surface area contributed by atoms with E-state index in [0.29, 0.717) is 0 Å². The third-order valence-corrected chi connectivity index (χ3v) is 6.12. The van der Waals surface area contributed by atoms with Crippen LogP contribution in [0.15, 0.2) is 30.7 Å². The monoisotopic (exact) mass is 479 g/mol. The number of fused-ring (bicyclic) bond motifs is 1. The summed E-state index contributed by atoms with van der Waals surface area (Å²) < 4.78 is 88.4. The molecule has 34 heavy (non-hydrogen) atoms. The lowest BCUT2D eigenvalue weighted by atomic mass is 9.87. The van der Waals surface area contributed by atoms with Crippen LogP contribution >= 0.6 is 0 Å². The van der Waals surface area contributed by atoms with Crippen molar-refractivity contribution >= 4 is 0 Å². The van der Waals surface area contributed by atoms with Gasteiger partial charge in [0.25, 0.3) is 5.92 Å². The number of halogens is 6. The number of alkyl halides is 4. The number of rotatable bonds is 5. The maximum Gasteiger partial charge on any atom is 0.281 e. The average molecular weight is 479 g/mol. The second kappa shape index (κ2) is 8.47. The Morgan fingerprint density at radius 1 is 1.26 bits per heavy atom. The number of imidazole rings is 1.